The van der Waals surface area contributed by atoms with Crippen LogP contribution in [-0.4, -0.2) is 22.0 Å². The summed E-state index contributed by atoms with van der Waals surface area (Å²) in [5, 5.41) is 2.58. The average Bonchev–Trinajstić information content (AvgIpc) is 3.41. The number of nitrogens with zero attached hydrogens (tertiary/aromatic N) is 3. The van der Waals surface area contributed by atoms with Crippen molar-refractivity contribution >= 4 is 44.5 Å². The van der Waals surface area contributed by atoms with E-state index in [0.717, 1.165) is 22.5 Å². The van der Waals surface area contributed by atoms with E-state index in [1.165, 1.54) is 32.7 Å². The van der Waals surface area contributed by atoms with Crippen molar-refractivity contribution < 1.29 is 4.79 Å². The highest BCUT2D eigenvalue weighted by Gasteiger charge is 2.25. The van der Waals surface area contributed by atoms with Gasteiger partial charge in [-0.25, -0.2) is 4.98 Å². The fourth-order valence-corrected chi connectivity index (χ4v) is 5.53. The van der Waals surface area contributed by atoms with E-state index in [9.17, 15) is 9.59 Å². The molecule has 7 heteroatoms. The maximum Gasteiger partial charge on any atom is 0.263 e. The third kappa shape index (κ3) is 2.78. The Morgan fingerprint density at radius 1 is 1.21 bits per heavy atom. The monoisotopic (exact) mass is 407 g/mol. The molecule has 1 amide bonds. The highest BCUT2D eigenvalue weighted by Crippen LogP contribution is 2.35. The van der Waals surface area contributed by atoms with Crippen molar-refractivity contribution in [1.82, 2.24) is 9.55 Å². The lowest BCUT2D eigenvalue weighted by molar-refractivity contribution is -0.119. The zero-order valence-electron chi connectivity index (χ0n) is 15.2. The van der Waals surface area contributed by atoms with Crippen molar-refractivity contribution in [3.8, 4) is 10.4 Å². The number of para-hydroxylation sites is 1. The highest BCUT2D eigenvalue weighted by atomic mass is 32.1. The summed E-state index contributed by atoms with van der Waals surface area (Å²) in [6.07, 6.45) is 2.34. The van der Waals surface area contributed by atoms with E-state index in [1.54, 1.807) is 16.2 Å². The Hall–Kier alpha value is -2.77. The number of thiophene rings is 2. The molecule has 1 aliphatic heterocycles. The molecule has 0 radical (unpaired) electrons. The molecule has 0 saturated heterocycles. The lowest BCUT2D eigenvalue weighted by atomic mass is 10.2. The van der Waals surface area contributed by atoms with Crippen LogP contribution in [0.1, 0.15) is 10.4 Å². The van der Waals surface area contributed by atoms with Gasteiger partial charge in [0.2, 0.25) is 5.91 Å². The fourth-order valence-electron chi connectivity index (χ4n) is 3.67. The molecule has 0 saturated carbocycles. The topological polar surface area (TPSA) is 55.2 Å². The SMILES string of the molecule is Cc1ccc(-c2csc3ncn(CC(=O)N4CCc5ccccc54)c(=O)c23)s1. The number of aryl methyl sites for hydroxylation is 1. The van der Waals surface area contributed by atoms with E-state index >= 15 is 0 Å². The molecule has 5 nitrogen and oxygen atoms in total. The second kappa shape index (κ2) is 6.68. The summed E-state index contributed by atoms with van der Waals surface area (Å²) in [6.45, 7) is 2.70. The first kappa shape index (κ1) is 17.3. The number of carbonyl (C=O) groups is 1. The van der Waals surface area contributed by atoms with Gasteiger partial charge >= 0.3 is 0 Å². The average molecular weight is 408 g/mol. The normalized spacial score (nSPS) is 13.2. The van der Waals surface area contributed by atoms with E-state index in [2.05, 4.69) is 4.98 Å². The predicted molar refractivity (Wildman–Crippen MR) is 114 cm³/mol. The first-order valence-electron chi connectivity index (χ1n) is 9.03. The van der Waals surface area contributed by atoms with Crippen LogP contribution in [0.4, 0.5) is 5.69 Å². The summed E-state index contributed by atoms with van der Waals surface area (Å²) < 4.78 is 1.43. The summed E-state index contributed by atoms with van der Waals surface area (Å²) >= 11 is 3.12. The molecule has 140 valence electrons. The van der Waals surface area contributed by atoms with Crippen molar-refractivity contribution in [2.45, 2.75) is 19.9 Å². The Bertz CT molecular complexity index is 1270. The molecule has 5 rings (SSSR count). The third-order valence-corrected chi connectivity index (χ3v) is 6.98. The van der Waals surface area contributed by atoms with Crippen LogP contribution in [0.3, 0.4) is 0 Å². The Morgan fingerprint density at radius 2 is 2.07 bits per heavy atom. The Balaban J connectivity index is 1.51. The molecule has 4 heterocycles. The van der Waals surface area contributed by atoms with Crippen LogP contribution < -0.4 is 10.5 Å². The second-order valence-electron chi connectivity index (χ2n) is 6.84. The zero-order chi connectivity index (χ0) is 19.3. The summed E-state index contributed by atoms with van der Waals surface area (Å²) in [5.41, 5.74) is 2.86. The molecule has 4 aromatic rings. The van der Waals surface area contributed by atoms with Gasteiger partial charge in [0.1, 0.15) is 11.4 Å². The van der Waals surface area contributed by atoms with Crippen molar-refractivity contribution in [3.63, 3.8) is 0 Å². The number of hydrogen-bond donors (Lipinski definition) is 0. The maximum absolute atomic E-state index is 13.1. The van der Waals surface area contributed by atoms with Crippen molar-refractivity contribution in [1.29, 1.82) is 0 Å². The van der Waals surface area contributed by atoms with Crippen LogP contribution in [0.25, 0.3) is 20.7 Å². The van der Waals surface area contributed by atoms with E-state index in [0.29, 0.717) is 16.8 Å². The van der Waals surface area contributed by atoms with Gasteiger partial charge in [0.05, 0.1) is 11.7 Å². The number of aromatic nitrogens is 2. The van der Waals surface area contributed by atoms with Crippen LogP contribution in [-0.2, 0) is 17.8 Å². The van der Waals surface area contributed by atoms with Gasteiger partial charge in [-0.05, 0) is 37.1 Å². The summed E-state index contributed by atoms with van der Waals surface area (Å²) in [4.78, 5) is 35.2. The largest absolute Gasteiger partial charge is 0.310 e. The number of fused-ring (bicyclic) bond motifs is 2. The maximum atomic E-state index is 13.1. The number of carbonyl (C=O) groups excluding carboxylic acids is 1. The fraction of sp³-hybridized carbons (Fsp3) is 0.190. The number of amides is 1. The van der Waals surface area contributed by atoms with Gasteiger partial charge in [0, 0.05) is 32.9 Å². The van der Waals surface area contributed by atoms with Gasteiger partial charge in [-0.15, -0.1) is 22.7 Å². The first-order chi connectivity index (χ1) is 13.6. The molecule has 1 aliphatic rings. The molecule has 0 fully saturated rings. The molecule has 0 aliphatic carbocycles. The molecular weight excluding hydrogens is 390 g/mol. The minimum atomic E-state index is -0.159. The first-order valence-corrected chi connectivity index (χ1v) is 10.7. The molecule has 3 aromatic heterocycles. The van der Waals surface area contributed by atoms with E-state index in [-0.39, 0.29) is 18.0 Å². The minimum absolute atomic E-state index is 0.00510. The predicted octanol–water partition coefficient (Wildman–Crippen LogP) is 4.08. The number of benzene rings is 1. The molecule has 0 spiro atoms. The molecular formula is C21H17N3O2S2. The highest BCUT2D eigenvalue weighted by molar-refractivity contribution is 7.19. The van der Waals surface area contributed by atoms with Crippen molar-refractivity contribution in [2.75, 3.05) is 11.4 Å². The zero-order valence-corrected chi connectivity index (χ0v) is 16.8. The Kier molecular flexibility index (Phi) is 4.14. The van der Waals surface area contributed by atoms with Crippen LogP contribution >= 0.6 is 22.7 Å². The van der Waals surface area contributed by atoms with Crippen LogP contribution in [0.5, 0.6) is 0 Å². The quantitative estimate of drug-likeness (QED) is 0.514. The molecule has 28 heavy (non-hydrogen) atoms. The van der Waals surface area contributed by atoms with Gasteiger partial charge in [-0.1, -0.05) is 18.2 Å². The van der Waals surface area contributed by atoms with Gasteiger partial charge < -0.3 is 4.90 Å². The van der Waals surface area contributed by atoms with Crippen LogP contribution in [0.2, 0.25) is 0 Å². The molecule has 0 bridgehead atoms. The van der Waals surface area contributed by atoms with Crippen molar-refractivity contribution in [2.24, 2.45) is 0 Å². The molecule has 0 atom stereocenters. The van der Waals surface area contributed by atoms with Gasteiger partial charge in [-0.3, -0.25) is 14.2 Å². The second-order valence-corrected chi connectivity index (χ2v) is 8.99. The minimum Gasteiger partial charge on any atom is -0.310 e. The Morgan fingerprint density at radius 3 is 2.89 bits per heavy atom. The summed E-state index contributed by atoms with van der Waals surface area (Å²) in [7, 11) is 0. The number of rotatable bonds is 3. The van der Waals surface area contributed by atoms with Crippen LogP contribution in [0, 0.1) is 6.92 Å². The third-order valence-electron chi connectivity index (χ3n) is 5.06. The Labute approximate surface area is 169 Å². The smallest absolute Gasteiger partial charge is 0.263 e. The number of hydrogen-bond acceptors (Lipinski definition) is 5. The van der Waals surface area contributed by atoms with E-state index in [4.69, 9.17) is 0 Å². The summed E-state index contributed by atoms with van der Waals surface area (Å²) in [6, 6.07) is 12.0. The molecule has 0 N–H and O–H groups in total. The van der Waals surface area contributed by atoms with Crippen LogP contribution in [0.15, 0.2) is 52.9 Å². The molecule has 1 aromatic carbocycles. The van der Waals surface area contributed by atoms with E-state index in [1.807, 2.05) is 48.7 Å². The van der Waals surface area contributed by atoms with Gasteiger partial charge in [0.15, 0.2) is 0 Å². The standard InChI is InChI=1S/C21H17N3O2S2/c1-13-6-7-17(28-13)15-11-27-20-19(15)21(26)23(12-22-20)10-18(25)24-9-8-14-4-2-3-5-16(14)24/h2-7,11-12H,8-10H2,1H3. The van der Waals surface area contributed by atoms with Gasteiger partial charge in [0.25, 0.3) is 5.56 Å². The lowest BCUT2D eigenvalue weighted by Gasteiger charge is -2.17. The summed E-state index contributed by atoms with van der Waals surface area (Å²) in [5.74, 6) is -0.0862. The van der Waals surface area contributed by atoms with Gasteiger partial charge in [-0.2, -0.15) is 0 Å². The lowest BCUT2D eigenvalue weighted by Crippen LogP contribution is -2.35. The van der Waals surface area contributed by atoms with Crippen molar-refractivity contribution in [3.05, 3.63) is 68.9 Å². The molecule has 0 unspecified atom stereocenters. The number of anilines is 1. The van der Waals surface area contributed by atoms with E-state index < -0.39 is 0 Å².